The number of nitrogens with one attached hydrogen (secondary N) is 1. The molecule has 232 valence electrons. The van der Waals surface area contributed by atoms with Crippen LogP contribution in [0.3, 0.4) is 0 Å². The topological polar surface area (TPSA) is 107 Å². The van der Waals surface area contributed by atoms with Crippen LogP contribution in [0.2, 0.25) is 0 Å². The van der Waals surface area contributed by atoms with Gasteiger partial charge in [-0.15, -0.1) is 11.3 Å². The fourth-order valence-corrected chi connectivity index (χ4v) is 8.20. The number of hydrogen-bond acceptors (Lipinski definition) is 6. The van der Waals surface area contributed by atoms with Crippen molar-refractivity contribution in [2.45, 2.75) is 79.2 Å². The van der Waals surface area contributed by atoms with Crippen molar-refractivity contribution in [3.05, 3.63) is 45.8 Å². The van der Waals surface area contributed by atoms with Crippen LogP contribution < -0.4 is 5.32 Å². The third kappa shape index (κ3) is 7.99. The maximum atomic E-state index is 13.8. The lowest BCUT2D eigenvalue weighted by atomic mass is 10.0. The normalized spacial score (nSPS) is 13.5. The summed E-state index contributed by atoms with van der Waals surface area (Å²) in [4.78, 5) is 43.9. The van der Waals surface area contributed by atoms with Crippen LogP contribution in [0.15, 0.2) is 29.2 Å². The first-order valence-electron chi connectivity index (χ1n) is 14.9. The molecule has 2 heterocycles. The van der Waals surface area contributed by atoms with E-state index in [9.17, 15) is 22.8 Å². The molecule has 0 atom stereocenters. The molecule has 0 spiro atoms. The van der Waals surface area contributed by atoms with Gasteiger partial charge < -0.3 is 15.1 Å². The van der Waals surface area contributed by atoms with E-state index in [1.54, 1.807) is 4.90 Å². The van der Waals surface area contributed by atoms with Crippen molar-refractivity contribution in [3.8, 4) is 0 Å². The summed E-state index contributed by atoms with van der Waals surface area (Å²) < 4.78 is 28.3. The summed E-state index contributed by atoms with van der Waals surface area (Å²) >= 11 is 1.33. The summed E-state index contributed by atoms with van der Waals surface area (Å²) in [5.74, 6) is -0.217. The smallest absolute Gasteiger partial charge is 0.257 e. The van der Waals surface area contributed by atoms with Gasteiger partial charge in [-0.3, -0.25) is 14.4 Å². The highest BCUT2D eigenvalue weighted by molar-refractivity contribution is 7.89. The zero-order valence-electron chi connectivity index (χ0n) is 26.0. The molecule has 9 nitrogen and oxygen atoms in total. The van der Waals surface area contributed by atoms with Crippen molar-refractivity contribution < 1.29 is 22.8 Å². The molecular weight excluding hydrogens is 572 g/mol. The molecule has 0 radical (unpaired) electrons. The van der Waals surface area contributed by atoms with Crippen molar-refractivity contribution in [2.24, 2.45) is 11.8 Å². The summed E-state index contributed by atoms with van der Waals surface area (Å²) in [6, 6.07) is 5.97. The Kier molecular flexibility index (Phi) is 11.7. The van der Waals surface area contributed by atoms with Gasteiger partial charge in [0.2, 0.25) is 15.9 Å². The molecule has 1 N–H and O–H groups in total. The highest BCUT2D eigenvalue weighted by Crippen LogP contribution is 2.38. The van der Waals surface area contributed by atoms with Crippen LogP contribution in [0.25, 0.3) is 0 Å². The molecule has 42 heavy (non-hydrogen) atoms. The van der Waals surface area contributed by atoms with Gasteiger partial charge in [-0.1, -0.05) is 41.5 Å². The molecule has 0 unspecified atom stereocenters. The van der Waals surface area contributed by atoms with E-state index in [0.717, 1.165) is 23.3 Å². The second-order valence-corrected chi connectivity index (χ2v) is 14.8. The van der Waals surface area contributed by atoms with Crippen LogP contribution in [-0.4, -0.2) is 73.0 Å². The Balaban J connectivity index is 1.92. The Labute approximate surface area is 255 Å². The largest absolute Gasteiger partial charge is 0.339 e. The standard InChI is InChI=1S/C31H46N4O5S2/c1-8-15-33(16-9-2)31(38)28-26-14-17-34(23(7)36)20-27(26)41-30(28)32-29(37)24-10-12-25(13-11-24)42(39,40)35(18-21(3)4)19-22(5)6/h10-13,21-22H,8-9,14-20H2,1-7H3,(H,32,37). The van der Waals surface area contributed by atoms with Gasteiger partial charge in [-0.2, -0.15) is 4.31 Å². The predicted molar refractivity (Wildman–Crippen MR) is 168 cm³/mol. The van der Waals surface area contributed by atoms with Crippen LogP contribution in [0.5, 0.6) is 0 Å². The number of thiophene rings is 1. The van der Waals surface area contributed by atoms with Gasteiger partial charge in [0.1, 0.15) is 5.00 Å². The SMILES string of the molecule is CCCN(CCC)C(=O)c1c(NC(=O)c2ccc(S(=O)(=O)N(CC(C)C)CC(C)C)cc2)sc2c1CCN(C(C)=O)C2. The first-order valence-corrected chi connectivity index (χ1v) is 17.2. The third-order valence-corrected chi connectivity index (χ3v) is 10.1. The predicted octanol–water partition coefficient (Wildman–Crippen LogP) is 5.47. The maximum Gasteiger partial charge on any atom is 0.257 e. The minimum atomic E-state index is -3.72. The number of benzene rings is 1. The first kappa shape index (κ1) is 33.7. The average molecular weight is 619 g/mol. The van der Waals surface area contributed by atoms with Crippen LogP contribution in [0.4, 0.5) is 5.00 Å². The number of amides is 3. The van der Waals surface area contributed by atoms with Gasteiger partial charge in [0.15, 0.2) is 0 Å². The quantitative estimate of drug-likeness (QED) is 0.320. The molecule has 1 aliphatic rings. The van der Waals surface area contributed by atoms with E-state index >= 15 is 0 Å². The molecule has 11 heteroatoms. The molecule has 2 aromatic rings. The third-order valence-electron chi connectivity index (χ3n) is 7.11. The lowest BCUT2D eigenvalue weighted by molar-refractivity contribution is -0.129. The highest BCUT2D eigenvalue weighted by atomic mass is 32.2. The molecule has 3 rings (SSSR count). The maximum absolute atomic E-state index is 13.8. The van der Waals surface area contributed by atoms with E-state index in [4.69, 9.17) is 0 Å². The summed E-state index contributed by atoms with van der Waals surface area (Å²) in [5, 5.41) is 3.42. The fraction of sp³-hybridized carbons (Fsp3) is 0.581. The van der Waals surface area contributed by atoms with E-state index < -0.39 is 15.9 Å². The summed E-state index contributed by atoms with van der Waals surface area (Å²) in [5.41, 5.74) is 1.69. The van der Waals surface area contributed by atoms with E-state index in [-0.39, 0.29) is 28.5 Å². The molecule has 1 aromatic carbocycles. The van der Waals surface area contributed by atoms with E-state index in [2.05, 4.69) is 5.32 Å². The summed E-state index contributed by atoms with van der Waals surface area (Å²) in [6.07, 6.45) is 2.18. The number of nitrogens with zero attached hydrogens (tertiary/aromatic N) is 3. The number of carbonyl (C=O) groups excluding carboxylic acids is 3. The molecule has 0 saturated carbocycles. The Hall–Kier alpha value is -2.76. The molecule has 0 bridgehead atoms. The molecule has 0 fully saturated rings. The summed E-state index contributed by atoms with van der Waals surface area (Å²) in [6.45, 7) is 16.5. The Bertz CT molecular complexity index is 1350. The number of carbonyl (C=O) groups is 3. The van der Waals surface area contributed by atoms with E-state index in [0.29, 0.717) is 61.8 Å². The van der Waals surface area contributed by atoms with E-state index in [1.165, 1.54) is 46.8 Å². The number of fused-ring (bicyclic) bond motifs is 1. The van der Waals surface area contributed by atoms with Crippen molar-refractivity contribution in [1.82, 2.24) is 14.1 Å². The lowest BCUT2D eigenvalue weighted by Gasteiger charge is -2.27. The van der Waals surface area contributed by atoms with Gasteiger partial charge in [0.05, 0.1) is 17.0 Å². The zero-order chi connectivity index (χ0) is 31.2. The Morgan fingerprint density at radius 1 is 0.976 bits per heavy atom. The van der Waals surface area contributed by atoms with Crippen molar-refractivity contribution >= 4 is 44.1 Å². The molecule has 0 saturated heterocycles. The second kappa shape index (κ2) is 14.6. The number of rotatable bonds is 13. The second-order valence-electron chi connectivity index (χ2n) is 11.8. The van der Waals surface area contributed by atoms with E-state index in [1.807, 2.05) is 46.4 Å². The molecule has 0 aliphatic carbocycles. The van der Waals surface area contributed by atoms with Gasteiger partial charge in [0, 0.05) is 50.1 Å². The van der Waals surface area contributed by atoms with Gasteiger partial charge in [0.25, 0.3) is 11.8 Å². The number of hydrogen-bond donors (Lipinski definition) is 1. The minimum absolute atomic E-state index is 0.0264. The van der Waals surface area contributed by atoms with Crippen molar-refractivity contribution in [1.29, 1.82) is 0 Å². The van der Waals surface area contributed by atoms with Crippen LogP contribution in [0, 0.1) is 11.8 Å². The van der Waals surface area contributed by atoms with Crippen LogP contribution in [0.1, 0.15) is 92.5 Å². The zero-order valence-corrected chi connectivity index (χ0v) is 27.7. The van der Waals surface area contributed by atoms with Gasteiger partial charge in [-0.05, 0) is 60.9 Å². The van der Waals surface area contributed by atoms with Crippen LogP contribution in [-0.2, 0) is 27.8 Å². The number of sulfonamides is 1. The minimum Gasteiger partial charge on any atom is -0.339 e. The molecular formula is C31H46N4O5S2. The Morgan fingerprint density at radius 3 is 2.05 bits per heavy atom. The summed E-state index contributed by atoms with van der Waals surface area (Å²) in [7, 11) is -3.72. The molecule has 3 amide bonds. The van der Waals surface area contributed by atoms with Gasteiger partial charge >= 0.3 is 0 Å². The number of anilines is 1. The molecule has 1 aliphatic heterocycles. The first-order chi connectivity index (χ1) is 19.8. The van der Waals surface area contributed by atoms with Gasteiger partial charge in [-0.25, -0.2) is 8.42 Å². The fourth-order valence-electron chi connectivity index (χ4n) is 5.19. The highest BCUT2D eigenvalue weighted by Gasteiger charge is 2.32. The Morgan fingerprint density at radius 2 is 1.55 bits per heavy atom. The monoisotopic (exact) mass is 618 g/mol. The van der Waals surface area contributed by atoms with Crippen LogP contribution >= 0.6 is 11.3 Å². The molecule has 1 aromatic heterocycles. The van der Waals surface area contributed by atoms with Crippen molar-refractivity contribution in [3.63, 3.8) is 0 Å². The van der Waals surface area contributed by atoms with Crippen molar-refractivity contribution in [2.75, 3.05) is 38.0 Å². The average Bonchev–Trinajstić information content (AvgIpc) is 3.28. The lowest BCUT2D eigenvalue weighted by Crippen LogP contribution is -2.37.